The quantitative estimate of drug-likeness (QED) is 0.232. The molecule has 4 aromatic carbocycles. The van der Waals surface area contributed by atoms with E-state index in [0.717, 1.165) is 17.6 Å². The zero-order valence-electron chi connectivity index (χ0n) is 19.7. The summed E-state index contributed by atoms with van der Waals surface area (Å²) in [5.74, 6) is 0. The lowest BCUT2D eigenvalue weighted by Crippen LogP contribution is -2.20. The fourth-order valence-electron chi connectivity index (χ4n) is 5.53. The molecule has 35 heavy (non-hydrogen) atoms. The normalized spacial score (nSPS) is 19.5. The first kappa shape index (κ1) is 21.2. The lowest BCUT2D eigenvalue weighted by atomic mass is 9.72. The van der Waals surface area contributed by atoms with Gasteiger partial charge in [-0.1, -0.05) is 104 Å². The van der Waals surface area contributed by atoms with E-state index < -0.39 is 0 Å². The lowest BCUT2D eigenvalue weighted by molar-refractivity contribution is 0.610. The van der Waals surface area contributed by atoms with Crippen LogP contribution in [0.1, 0.15) is 24.5 Å². The van der Waals surface area contributed by atoms with E-state index in [0.29, 0.717) is 0 Å². The highest BCUT2D eigenvalue weighted by Gasteiger charge is 2.29. The molecule has 2 aliphatic rings. The van der Waals surface area contributed by atoms with Gasteiger partial charge in [-0.3, -0.25) is 10.8 Å². The fraction of sp³-hybridized carbons (Fsp3) is 0.0909. The molecule has 2 nitrogen and oxygen atoms in total. The highest BCUT2D eigenvalue weighted by atomic mass is 14.5. The summed E-state index contributed by atoms with van der Waals surface area (Å²) in [6.07, 6.45) is 15.3. The highest BCUT2D eigenvalue weighted by molar-refractivity contribution is 6.50. The average Bonchev–Trinajstić information content (AvgIpc) is 2.89. The predicted octanol–water partition coefficient (Wildman–Crippen LogP) is 8.43. The van der Waals surface area contributed by atoms with E-state index in [1.807, 2.05) is 6.08 Å². The SMILES string of the molecule is CC1(c2c3ccccc3c(-c3ccccc3)c3cc(C4=CC(=N)C(=N)C=C4)ccc23)C=CC=CC1. The number of fused-ring (bicyclic) bond motifs is 2. The van der Waals surface area contributed by atoms with Gasteiger partial charge in [-0.05, 0) is 74.0 Å². The second kappa shape index (κ2) is 8.18. The molecule has 0 amide bonds. The van der Waals surface area contributed by atoms with Crippen LogP contribution in [0.5, 0.6) is 0 Å². The smallest absolute Gasteiger partial charge is 0.0795 e. The number of rotatable bonds is 3. The van der Waals surface area contributed by atoms with Crippen LogP contribution in [0.25, 0.3) is 38.2 Å². The fourth-order valence-corrected chi connectivity index (χ4v) is 5.53. The van der Waals surface area contributed by atoms with Crippen LogP contribution in [0.4, 0.5) is 0 Å². The third-order valence-electron chi connectivity index (χ3n) is 7.26. The van der Waals surface area contributed by atoms with Gasteiger partial charge in [0.2, 0.25) is 0 Å². The van der Waals surface area contributed by atoms with Crippen molar-refractivity contribution in [2.75, 3.05) is 0 Å². The van der Waals surface area contributed by atoms with Crippen molar-refractivity contribution in [3.05, 3.63) is 126 Å². The first-order valence-electron chi connectivity index (χ1n) is 12.0. The molecule has 0 fully saturated rings. The second-order valence-corrected chi connectivity index (χ2v) is 9.59. The van der Waals surface area contributed by atoms with Crippen LogP contribution < -0.4 is 0 Å². The Labute approximate surface area is 205 Å². The zero-order valence-corrected chi connectivity index (χ0v) is 19.7. The Kier molecular flexibility index (Phi) is 4.96. The van der Waals surface area contributed by atoms with Gasteiger partial charge < -0.3 is 0 Å². The van der Waals surface area contributed by atoms with Crippen molar-refractivity contribution in [1.29, 1.82) is 10.8 Å². The van der Waals surface area contributed by atoms with Crippen LogP contribution in [-0.4, -0.2) is 11.4 Å². The van der Waals surface area contributed by atoms with E-state index in [1.54, 1.807) is 12.2 Å². The molecule has 168 valence electrons. The first-order chi connectivity index (χ1) is 17.0. The minimum atomic E-state index is -0.107. The molecule has 0 saturated carbocycles. The Morgan fingerprint density at radius 2 is 1.43 bits per heavy atom. The van der Waals surface area contributed by atoms with Crippen LogP contribution in [-0.2, 0) is 5.41 Å². The Balaban J connectivity index is 1.74. The molecule has 0 aromatic heterocycles. The van der Waals surface area contributed by atoms with E-state index in [2.05, 4.69) is 104 Å². The molecule has 2 aliphatic carbocycles. The molecule has 0 aliphatic heterocycles. The van der Waals surface area contributed by atoms with Crippen molar-refractivity contribution in [3.8, 4) is 11.1 Å². The summed E-state index contributed by atoms with van der Waals surface area (Å²) in [6, 6.07) is 26.1. The molecule has 0 radical (unpaired) electrons. The van der Waals surface area contributed by atoms with Crippen LogP contribution in [0.15, 0.2) is 115 Å². The van der Waals surface area contributed by atoms with Gasteiger partial charge in [0.05, 0.1) is 11.4 Å². The van der Waals surface area contributed by atoms with Crippen LogP contribution >= 0.6 is 0 Å². The van der Waals surface area contributed by atoms with E-state index in [9.17, 15) is 0 Å². The third-order valence-corrected chi connectivity index (χ3v) is 7.26. The van der Waals surface area contributed by atoms with Crippen molar-refractivity contribution in [3.63, 3.8) is 0 Å². The number of benzene rings is 4. The maximum absolute atomic E-state index is 8.15. The van der Waals surface area contributed by atoms with E-state index in [-0.39, 0.29) is 16.8 Å². The number of hydrogen-bond acceptors (Lipinski definition) is 2. The molecule has 6 rings (SSSR count). The second-order valence-electron chi connectivity index (χ2n) is 9.59. The molecular weight excluding hydrogens is 424 g/mol. The van der Waals surface area contributed by atoms with Gasteiger partial charge in [0.1, 0.15) is 0 Å². The van der Waals surface area contributed by atoms with Crippen molar-refractivity contribution >= 4 is 38.5 Å². The van der Waals surface area contributed by atoms with E-state index >= 15 is 0 Å². The Morgan fingerprint density at radius 3 is 2.17 bits per heavy atom. The van der Waals surface area contributed by atoms with Crippen LogP contribution in [0.3, 0.4) is 0 Å². The van der Waals surface area contributed by atoms with Gasteiger partial charge in [0.25, 0.3) is 0 Å². The van der Waals surface area contributed by atoms with Crippen molar-refractivity contribution < 1.29 is 0 Å². The summed E-state index contributed by atoms with van der Waals surface area (Å²) >= 11 is 0. The van der Waals surface area contributed by atoms with Crippen LogP contribution in [0, 0.1) is 10.8 Å². The van der Waals surface area contributed by atoms with Gasteiger partial charge in [0.15, 0.2) is 0 Å². The minimum absolute atomic E-state index is 0.107. The number of nitrogens with one attached hydrogen (secondary N) is 2. The van der Waals surface area contributed by atoms with E-state index in [4.69, 9.17) is 10.8 Å². The maximum atomic E-state index is 8.15. The third kappa shape index (κ3) is 3.50. The van der Waals surface area contributed by atoms with Gasteiger partial charge in [-0.15, -0.1) is 0 Å². The number of allylic oxidation sites excluding steroid dienone is 8. The van der Waals surface area contributed by atoms with Gasteiger partial charge >= 0.3 is 0 Å². The summed E-state index contributed by atoms with van der Waals surface area (Å²) in [7, 11) is 0. The minimum Gasteiger partial charge on any atom is -0.299 e. The summed E-state index contributed by atoms with van der Waals surface area (Å²) < 4.78 is 0. The molecule has 1 unspecified atom stereocenters. The van der Waals surface area contributed by atoms with Crippen molar-refractivity contribution in [1.82, 2.24) is 0 Å². The molecular formula is C33H26N2. The molecule has 0 bridgehead atoms. The Bertz CT molecular complexity index is 1650. The predicted molar refractivity (Wildman–Crippen MR) is 150 cm³/mol. The molecule has 0 spiro atoms. The van der Waals surface area contributed by atoms with Gasteiger partial charge in [-0.25, -0.2) is 0 Å². The lowest BCUT2D eigenvalue weighted by Gasteiger charge is -2.31. The van der Waals surface area contributed by atoms with Crippen molar-refractivity contribution in [2.24, 2.45) is 0 Å². The largest absolute Gasteiger partial charge is 0.299 e. The molecule has 2 N–H and O–H groups in total. The maximum Gasteiger partial charge on any atom is 0.0795 e. The Hall–Kier alpha value is -4.30. The van der Waals surface area contributed by atoms with Gasteiger partial charge in [0, 0.05) is 5.41 Å². The van der Waals surface area contributed by atoms with E-state index in [1.165, 1.54) is 38.2 Å². The van der Waals surface area contributed by atoms with Crippen LogP contribution in [0.2, 0.25) is 0 Å². The molecule has 1 atom stereocenters. The standard InChI is InChI=1S/C33H26N2/c1-33(18-8-3-9-19-33)32-26-13-7-6-12-25(26)31(22-10-4-2-5-11-22)28-20-23(14-16-27(28)32)24-15-17-29(34)30(35)21-24/h2-18,20-21,34-35H,19H2,1H3. The summed E-state index contributed by atoms with van der Waals surface area (Å²) in [5, 5.41) is 21.1. The molecule has 0 saturated heterocycles. The summed E-state index contributed by atoms with van der Waals surface area (Å²) in [6.45, 7) is 2.34. The average molecular weight is 451 g/mol. The summed E-state index contributed by atoms with van der Waals surface area (Å²) in [4.78, 5) is 0. The first-order valence-corrected chi connectivity index (χ1v) is 12.0. The molecule has 2 heteroatoms. The van der Waals surface area contributed by atoms with Gasteiger partial charge in [-0.2, -0.15) is 0 Å². The number of hydrogen-bond donors (Lipinski definition) is 2. The monoisotopic (exact) mass is 450 g/mol. The molecule has 4 aromatic rings. The molecule has 0 heterocycles. The highest BCUT2D eigenvalue weighted by Crippen LogP contribution is 2.46. The van der Waals surface area contributed by atoms with Crippen molar-refractivity contribution in [2.45, 2.75) is 18.8 Å². The zero-order chi connectivity index (χ0) is 24.0. The Morgan fingerprint density at radius 1 is 0.686 bits per heavy atom. The topological polar surface area (TPSA) is 47.7 Å². The summed E-state index contributed by atoms with van der Waals surface area (Å²) in [5.41, 5.74) is 6.22.